The maximum absolute atomic E-state index is 4.67. The van der Waals surface area contributed by atoms with E-state index in [2.05, 4.69) is 43.8 Å². The summed E-state index contributed by atoms with van der Waals surface area (Å²) < 4.78 is 0. The number of benzene rings is 1. The van der Waals surface area contributed by atoms with Gasteiger partial charge in [-0.15, -0.1) is 0 Å². The maximum atomic E-state index is 4.67. The molecule has 1 aromatic heterocycles. The largest absolute Gasteiger partial charge is 0.353 e. The van der Waals surface area contributed by atoms with E-state index in [9.17, 15) is 0 Å². The smallest absolute Gasteiger partial charge is 0.148 e. The van der Waals surface area contributed by atoms with Gasteiger partial charge in [0.1, 0.15) is 10.8 Å². The minimum Gasteiger partial charge on any atom is -0.353 e. The second-order valence-electron chi connectivity index (χ2n) is 4.78. The number of hydrogen-bond acceptors (Lipinski definition) is 5. The highest BCUT2D eigenvalue weighted by Gasteiger charge is 2.12. The zero-order valence-electron chi connectivity index (χ0n) is 11.8. The van der Waals surface area contributed by atoms with E-state index in [1.54, 1.807) is 11.8 Å². The van der Waals surface area contributed by atoms with Gasteiger partial charge >= 0.3 is 0 Å². The van der Waals surface area contributed by atoms with E-state index in [1.165, 1.54) is 5.56 Å². The average Bonchev–Trinajstić information content (AvgIpc) is 2.57. The van der Waals surface area contributed by atoms with E-state index in [0.717, 1.165) is 37.0 Å². The highest BCUT2D eigenvalue weighted by Crippen LogP contribution is 2.20. The summed E-state index contributed by atoms with van der Waals surface area (Å²) in [5, 5.41) is 6.33. The van der Waals surface area contributed by atoms with Gasteiger partial charge in [-0.1, -0.05) is 42.1 Å². The van der Waals surface area contributed by atoms with E-state index in [0.29, 0.717) is 0 Å². The molecule has 0 radical (unpaired) electrons. The monoisotopic (exact) mass is 298 g/mol. The van der Waals surface area contributed by atoms with Gasteiger partial charge in [0, 0.05) is 26.2 Å². The fourth-order valence-electron chi connectivity index (χ4n) is 2.19. The van der Waals surface area contributed by atoms with Crippen LogP contribution in [0.1, 0.15) is 5.56 Å². The summed E-state index contributed by atoms with van der Waals surface area (Å²) in [4.78, 5) is 11.3. The first-order valence-corrected chi connectivity index (χ1v) is 7.96. The second-order valence-corrected chi connectivity index (χ2v) is 5.71. The van der Waals surface area contributed by atoms with Crippen LogP contribution in [0.2, 0.25) is 0 Å². The second kappa shape index (κ2) is 7.24. The standard InChI is InChI=1S/C16H18N4S/c1-2-4-14(5-3-1)6-11-21-16-13-18-12-15(19-16)20-9-7-17-8-10-20/h1-6,11-13,17H,7-10H2. The van der Waals surface area contributed by atoms with Gasteiger partial charge in [0.25, 0.3) is 0 Å². The molecule has 5 heteroatoms. The van der Waals surface area contributed by atoms with E-state index < -0.39 is 0 Å². The number of nitrogens with one attached hydrogen (secondary N) is 1. The molecular formula is C16H18N4S. The summed E-state index contributed by atoms with van der Waals surface area (Å²) in [6.45, 7) is 3.99. The van der Waals surface area contributed by atoms with Crippen molar-refractivity contribution in [2.75, 3.05) is 31.1 Å². The Kier molecular flexibility index (Phi) is 4.86. The molecule has 1 saturated heterocycles. The minimum absolute atomic E-state index is 0.929. The molecule has 1 aromatic carbocycles. The fraction of sp³-hybridized carbons (Fsp3) is 0.250. The Bertz CT molecular complexity index is 594. The Labute approximate surface area is 129 Å². The first-order chi connectivity index (χ1) is 10.4. The molecule has 0 atom stereocenters. The Morgan fingerprint density at radius 3 is 2.71 bits per heavy atom. The number of aromatic nitrogens is 2. The number of rotatable bonds is 4. The number of thioether (sulfide) groups is 1. The Hall–Kier alpha value is -1.85. The number of hydrogen-bond donors (Lipinski definition) is 1. The molecule has 0 bridgehead atoms. The highest BCUT2D eigenvalue weighted by molar-refractivity contribution is 8.02. The van der Waals surface area contributed by atoms with Crippen LogP contribution in [0.5, 0.6) is 0 Å². The molecule has 0 aliphatic carbocycles. The lowest BCUT2D eigenvalue weighted by molar-refractivity contribution is 0.583. The molecule has 0 amide bonds. The molecule has 4 nitrogen and oxygen atoms in total. The van der Waals surface area contributed by atoms with Gasteiger partial charge in [0.15, 0.2) is 0 Å². The van der Waals surface area contributed by atoms with Crippen molar-refractivity contribution in [3.8, 4) is 0 Å². The molecule has 21 heavy (non-hydrogen) atoms. The molecule has 3 rings (SSSR count). The molecular weight excluding hydrogens is 280 g/mol. The van der Waals surface area contributed by atoms with Crippen LogP contribution in [-0.2, 0) is 0 Å². The highest BCUT2D eigenvalue weighted by atomic mass is 32.2. The van der Waals surface area contributed by atoms with E-state index in [-0.39, 0.29) is 0 Å². The first kappa shape index (κ1) is 14.1. The number of anilines is 1. The SMILES string of the molecule is C(=Cc1ccccc1)Sc1cncc(N2CCNCC2)n1. The van der Waals surface area contributed by atoms with Crippen molar-refractivity contribution in [1.82, 2.24) is 15.3 Å². The lowest BCUT2D eigenvalue weighted by Crippen LogP contribution is -2.43. The van der Waals surface area contributed by atoms with Gasteiger partial charge in [-0.3, -0.25) is 4.98 Å². The number of piperazine rings is 1. The summed E-state index contributed by atoms with van der Waals surface area (Å²) in [5.41, 5.74) is 1.19. The third-order valence-electron chi connectivity index (χ3n) is 3.29. The maximum Gasteiger partial charge on any atom is 0.148 e. The fourth-order valence-corrected chi connectivity index (χ4v) is 2.82. The van der Waals surface area contributed by atoms with Crippen molar-refractivity contribution >= 4 is 23.7 Å². The van der Waals surface area contributed by atoms with Crippen LogP contribution < -0.4 is 10.2 Å². The predicted octanol–water partition coefficient (Wildman–Crippen LogP) is 2.65. The van der Waals surface area contributed by atoms with E-state index in [4.69, 9.17) is 0 Å². The van der Waals surface area contributed by atoms with Crippen molar-refractivity contribution < 1.29 is 0 Å². The zero-order valence-corrected chi connectivity index (χ0v) is 12.6. The molecule has 2 aromatic rings. The topological polar surface area (TPSA) is 41.1 Å². The van der Waals surface area contributed by atoms with Crippen LogP contribution >= 0.6 is 11.8 Å². The van der Waals surface area contributed by atoms with Crippen LogP contribution in [0.25, 0.3) is 6.08 Å². The Morgan fingerprint density at radius 1 is 1.10 bits per heavy atom. The molecule has 2 heterocycles. The molecule has 1 fully saturated rings. The van der Waals surface area contributed by atoms with Crippen LogP contribution in [0, 0.1) is 0 Å². The van der Waals surface area contributed by atoms with Crippen molar-refractivity contribution in [3.63, 3.8) is 0 Å². The lowest BCUT2D eigenvalue weighted by atomic mass is 10.2. The van der Waals surface area contributed by atoms with Gasteiger partial charge in [-0.05, 0) is 17.0 Å². The van der Waals surface area contributed by atoms with Crippen LogP contribution in [0.15, 0.2) is 53.2 Å². The van der Waals surface area contributed by atoms with Gasteiger partial charge in [0.2, 0.25) is 0 Å². The molecule has 108 valence electrons. The molecule has 0 saturated carbocycles. The summed E-state index contributed by atoms with van der Waals surface area (Å²) in [5.74, 6) is 0.967. The van der Waals surface area contributed by atoms with Gasteiger partial charge < -0.3 is 10.2 Å². The van der Waals surface area contributed by atoms with Gasteiger partial charge in [0.05, 0.1) is 12.4 Å². The Balaban J connectivity index is 1.64. The molecule has 0 unspecified atom stereocenters. The average molecular weight is 298 g/mol. The van der Waals surface area contributed by atoms with E-state index >= 15 is 0 Å². The molecule has 1 N–H and O–H groups in total. The van der Waals surface area contributed by atoms with Crippen LogP contribution in [-0.4, -0.2) is 36.1 Å². The predicted molar refractivity (Wildman–Crippen MR) is 88.4 cm³/mol. The van der Waals surface area contributed by atoms with Crippen LogP contribution in [0.3, 0.4) is 0 Å². The van der Waals surface area contributed by atoms with Gasteiger partial charge in [-0.2, -0.15) is 0 Å². The van der Waals surface area contributed by atoms with Crippen molar-refractivity contribution in [3.05, 3.63) is 53.7 Å². The van der Waals surface area contributed by atoms with E-state index in [1.807, 2.05) is 30.6 Å². The summed E-state index contributed by atoms with van der Waals surface area (Å²) in [6.07, 6.45) is 5.74. The van der Waals surface area contributed by atoms with Crippen LogP contribution in [0.4, 0.5) is 5.82 Å². The zero-order chi connectivity index (χ0) is 14.3. The van der Waals surface area contributed by atoms with Crippen molar-refractivity contribution in [2.45, 2.75) is 5.03 Å². The summed E-state index contributed by atoms with van der Waals surface area (Å²) in [6, 6.07) is 10.3. The normalized spacial score (nSPS) is 15.5. The Morgan fingerprint density at radius 2 is 1.90 bits per heavy atom. The number of nitrogens with zero attached hydrogens (tertiary/aromatic N) is 3. The van der Waals surface area contributed by atoms with Gasteiger partial charge in [-0.25, -0.2) is 4.98 Å². The third-order valence-corrected chi connectivity index (χ3v) is 4.00. The minimum atomic E-state index is 0.929. The molecule has 1 aliphatic heterocycles. The third kappa shape index (κ3) is 4.06. The quantitative estimate of drug-likeness (QED) is 0.879. The van der Waals surface area contributed by atoms with Crippen molar-refractivity contribution in [1.29, 1.82) is 0 Å². The molecule has 0 spiro atoms. The molecule has 1 aliphatic rings. The van der Waals surface area contributed by atoms with Crippen molar-refractivity contribution in [2.24, 2.45) is 0 Å². The lowest BCUT2D eigenvalue weighted by Gasteiger charge is -2.28. The summed E-state index contributed by atoms with van der Waals surface area (Å²) >= 11 is 1.60. The summed E-state index contributed by atoms with van der Waals surface area (Å²) in [7, 11) is 0. The first-order valence-electron chi connectivity index (χ1n) is 7.08.